The van der Waals surface area contributed by atoms with Crippen LogP contribution in [0.15, 0.2) is 22.6 Å². The van der Waals surface area contributed by atoms with Crippen LogP contribution in [0.5, 0.6) is 0 Å². The summed E-state index contributed by atoms with van der Waals surface area (Å²) in [5, 5.41) is 1.51. The third kappa shape index (κ3) is 3.82. The molecule has 0 fully saturated rings. The number of carbonyl (C=O) groups excluding carboxylic acids is 1. The fraction of sp³-hybridized carbons (Fsp3) is 0.500. The van der Waals surface area contributed by atoms with Gasteiger partial charge in [0.2, 0.25) is 0 Å². The zero-order valence-corrected chi connectivity index (χ0v) is 16.0. The Morgan fingerprint density at radius 3 is 3.08 bits per heavy atom. The highest BCUT2D eigenvalue weighted by Gasteiger charge is 2.23. The van der Waals surface area contributed by atoms with Crippen molar-refractivity contribution < 1.29 is 9.53 Å². The van der Waals surface area contributed by atoms with E-state index in [9.17, 15) is 9.59 Å². The Kier molecular flexibility index (Phi) is 5.96. The standard InChI is InChI=1S/C18H22N2O3S2/c1-3-10-20-17(22)15-12-7-5-8-13(12)25-16(15)19-18(20)24-11-6-9-14(21)23-4-2/h3H,1,4-11H2,2H3. The van der Waals surface area contributed by atoms with Crippen molar-refractivity contribution >= 4 is 39.3 Å². The molecule has 2 aromatic heterocycles. The summed E-state index contributed by atoms with van der Waals surface area (Å²) in [5.74, 6) is 0.545. The summed E-state index contributed by atoms with van der Waals surface area (Å²) in [6.45, 7) is 6.43. The minimum absolute atomic E-state index is 0.0391. The first-order chi connectivity index (χ1) is 12.2. The van der Waals surface area contributed by atoms with Gasteiger partial charge in [0.25, 0.3) is 5.56 Å². The number of ether oxygens (including phenoxy) is 1. The van der Waals surface area contributed by atoms with Gasteiger partial charge in [0, 0.05) is 23.6 Å². The lowest BCUT2D eigenvalue weighted by atomic mass is 10.2. The molecule has 25 heavy (non-hydrogen) atoms. The summed E-state index contributed by atoms with van der Waals surface area (Å²) in [7, 11) is 0. The molecule has 0 aliphatic heterocycles. The molecule has 1 aliphatic rings. The molecule has 0 bridgehead atoms. The first-order valence-electron chi connectivity index (χ1n) is 8.60. The van der Waals surface area contributed by atoms with Crippen molar-refractivity contribution in [3.8, 4) is 0 Å². The Labute approximate surface area is 155 Å². The van der Waals surface area contributed by atoms with E-state index in [4.69, 9.17) is 9.72 Å². The molecule has 0 spiro atoms. The van der Waals surface area contributed by atoms with Crippen LogP contribution in [0.1, 0.15) is 36.6 Å². The summed E-state index contributed by atoms with van der Waals surface area (Å²) < 4.78 is 6.64. The van der Waals surface area contributed by atoms with Crippen molar-refractivity contribution in [3.05, 3.63) is 33.4 Å². The zero-order valence-electron chi connectivity index (χ0n) is 14.4. The highest BCUT2D eigenvalue weighted by Crippen LogP contribution is 2.35. The number of fused-ring (bicyclic) bond motifs is 3. The van der Waals surface area contributed by atoms with Gasteiger partial charge in [0.1, 0.15) is 4.83 Å². The molecule has 0 amide bonds. The predicted molar refractivity (Wildman–Crippen MR) is 103 cm³/mol. The number of thiophene rings is 1. The molecule has 2 aromatic rings. The van der Waals surface area contributed by atoms with Crippen molar-refractivity contribution in [2.45, 2.75) is 50.7 Å². The van der Waals surface area contributed by atoms with Crippen molar-refractivity contribution in [1.29, 1.82) is 0 Å². The van der Waals surface area contributed by atoms with Crippen molar-refractivity contribution in [3.63, 3.8) is 0 Å². The molecule has 3 rings (SSSR count). The number of esters is 1. The third-order valence-corrected chi connectivity index (χ3v) is 6.41. The van der Waals surface area contributed by atoms with E-state index in [2.05, 4.69) is 6.58 Å². The Morgan fingerprint density at radius 1 is 1.48 bits per heavy atom. The number of carbonyl (C=O) groups is 1. The number of allylic oxidation sites excluding steroid dienone is 1. The highest BCUT2D eigenvalue weighted by molar-refractivity contribution is 7.99. The van der Waals surface area contributed by atoms with E-state index in [0.29, 0.717) is 31.1 Å². The van der Waals surface area contributed by atoms with Crippen molar-refractivity contribution in [2.75, 3.05) is 12.4 Å². The van der Waals surface area contributed by atoms with Crippen molar-refractivity contribution in [1.82, 2.24) is 9.55 Å². The van der Waals surface area contributed by atoms with Gasteiger partial charge < -0.3 is 4.74 Å². The zero-order chi connectivity index (χ0) is 17.8. The molecule has 0 aromatic carbocycles. The Hall–Kier alpha value is -1.60. The lowest BCUT2D eigenvalue weighted by molar-refractivity contribution is -0.143. The largest absolute Gasteiger partial charge is 0.466 e. The van der Waals surface area contributed by atoms with E-state index < -0.39 is 0 Å². The number of nitrogens with zero attached hydrogens (tertiary/aromatic N) is 2. The average molecular weight is 379 g/mol. The molecule has 0 saturated heterocycles. The van der Waals surface area contributed by atoms with Gasteiger partial charge in [0.15, 0.2) is 5.16 Å². The van der Waals surface area contributed by atoms with E-state index in [1.165, 1.54) is 22.2 Å². The molecule has 5 nitrogen and oxygen atoms in total. The molecule has 0 saturated carbocycles. The van der Waals surface area contributed by atoms with E-state index in [1.807, 2.05) is 0 Å². The molecule has 0 unspecified atom stereocenters. The SMILES string of the molecule is C=CCn1c(SCCCC(=O)OCC)nc2sc3c(c2c1=O)CCC3. The number of hydrogen-bond donors (Lipinski definition) is 0. The van der Waals surface area contributed by atoms with Crippen LogP contribution in [-0.2, 0) is 28.9 Å². The number of hydrogen-bond acceptors (Lipinski definition) is 6. The number of thioether (sulfide) groups is 1. The number of rotatable bonds is 8. The summed E-state index contributed by atoms with van der Waals surface area (Å²) in [6.07, 6.45) is 5.98. The number of aryl methyl sites for hydroxylation is 2. The summed E-state index contributed by atoms with van der Waals surface area (Å²) >= 11 is 3.17. The van der Waals surface area contributed by atoms with Crippen LogP contribution < -0.4 is 5.56 Å². The van der Waals surface area contributed by atoms with Crippen molar-refractivity contribution in [2.24, 2.45) is 0 Å². The second-order valence-corrected chi connectivity index (χ2v) is 8.04. The average Bonchev–Trinajstić information content (AvgIpc) is 3.15. The van der Waals surface area contributed by atoms with E-state index in [1.54, 1.807) is 28.9 Å². The highest BCUT2D eigenvalue weighted by atomic mass is 32.2. The van der Waals surface area contributed by atoms with Gasteiger partial charge in [-0.1, -0.05) is 17.8 Å². The van der Waals surface area contributed by atoms with E-state index in [-0.39, 0.29) is 11.5 Å². The first-order valence-corrected chi connectivity index (χ1v) is 10.4. The van der Waals surface area contributed by atoms with E-state index in [0.717, 1.165) is 35.2 Å². The monoisotopic (exact) mass is 378 g/mol. The van der Waals surface area contributed by atoms with Gasteiger partial charge >= 0.3 is 5.97 Å². The fourth-order valence-electron chi connectivity index (χ4n) is 3.07. The van der Waals surface area contributed by atoms with Crippen LogP contribution in [0, 0.1) is 0 Å². The fourth-order valence-corrected chi connectivity index (χ4v) is 5.32. The van der Waals surface area contributed by atoms with Crippen LogP contribution in [0.3, 0.4) is 0 Å². The van der Waals surface area contributed by atoms with Gasteiger partial charge in [-0.3, -0.25) is 14.2 Å². The summed E-state index contributed by atoms with van der Waals surface area (Å²) in [5.41, 5.74) is 1.24. The van der Waals surface area contributed by atoms with Gasteiger partial charge in [-0.25, -0.2) is 4.98 Å². The molecular weight excluding hydrogens is 356 g/mol. The minimum atomic E-state index is -0.176. The maximum absolute atomic E-state index is 13.0. The molecule has 2 heterocycles. The van der Waals surface area contributed by atoms with Gasteiger partial charge in [-0.2, -0.15) is 0 Å². The lowest BCUT2D eigenvalue weighted by Crippen LogP contribution is -2.23. The quantitative estimate of drug-likeness (QED) is 0.231. The smallest absolute Gasteiger partial charge is 0.305 e. The third-order valence-electron chi connectivity index (χ3n) is 4.16. The molecule has 1 aliphatic carbocycles. The van der Waals surface area contributed by atoms with Crippen LogP contribution in [-0.4, -0.2) is 27.9 Å². The van der Waals surface area contributed by atoms with Gasteiger partial charge in [-0.05, 0) is 38.2 Å². The maximum Gasteiger partial charge on any atom is 0.305 e. The van der Waals surface area contributed by atoms with Crippen LogP contribution in [0.2, 0.25) is 0 Å². The van der Waals surface area contributed by atoms with Gasteiger partial charge in [0.05, 0.1) is 12.0 Å². The van der Waals surface area contributed by atoms with Crippen LogP contribution in [0.25, 0.3) is 10.2 Å². The molecule has 0 atom stereocenters. The number of aromatic nitrogens is 2. The minimum Gasteiger partial charge on any atom is -0.466 e. The maximum atomic E-state index is 13.0. The first kappa shape index (κ1) is 18.2. The van der Waals surface area contributed by atoms with Crippen LogP contribution >= 0.6 is 23.1 Å². The Bertz CT molecular complexity index is 854. The summed E-state index contributed by atoms with van der Waals surface area (Å²) in [6, 6.07) is 0. The Morgan fingerprint density at radius 2 is 2.32 bits per heavy atom. The second kappa shape index (κ2) is 8.19. The Balaban J connectivity index is 1.82. The molecule has 0 N–H and O–H groups in total. The second-order valence-electron chi connectivity index (χ2n) is 5.89. The van der Waals surface area contributed by atoms with Gasteiger partial charge in [-0.15, -0.1) is 17.9 Å². The molecule has 7 heteroatoms. The summed E-state index contributed by atoms with van der Waals surface area (Å²) in [4.78, 5) is 31.3. The molecule has 134 valence electrons. The predicted octanol–water partition coefficient (Wildman–Crippen LogP) is 3.57. The van der Waals surface area contributed by atoms with E-state index >= 15 is 0 Å². The normalized spacial score (nSPS) is 13.2. The van der Waals surface area contributed by atoms with Crippen LogP contribution in [0.4, 0.5) is 0 Å². The topological polar surface area (TPSA) is 61.2 Å². The molecule has 0 radical (unpaired) electrons. The molecular formula is C18H22N2O3S2. The lowest BCUT2D eigenvalue weighted by Gasteiger charge is -2.10.